The number of benzene rings is 1. The predicted molar refractivity (Wildman–Crippen MR) is 111 cm³/mol. The number of methoxy groups -OCH3 is 1. The van der Waals surface area contributed by atoms with Crippen molar-refractivity contribution < 1.29 is 14.2 Å². The number of likely N-dealkylation sites (N-methyl/N-ethyl adjacent to an activating group) is 1. The summed E-state index contributed by atoms with van der Waals surface area (Å²) >= 11 is 0. The molecule has 0 spiro atoms. The molecule has 0 saturated carbocycles. The van der Waals surface area contributed by atoms with Crippen molar-refractivity contribution in [3.63, 3.8) is 0 Å². The van der Waals surface area contributed by atoms with E-state index in [9.17, 15) is 14.3 Å². The molecule has 1 fully saturated rings. The number of rotatable bonds is 7. The molecule has 158 valence electrons. The number of aromatic nitrogens is 1. The Morgan fingerprint density at radius 3 is 2.55 bits per heavy atom. The first-order valence-electron chi connectivity index (χ1n) is 10.1. The monoisotopic (exact) mass is 403 g/mol. The van der Waals surface area contributed by atoms with E-state index in [4.69, 9.17) is 4.74 Å². The third-order valence-corrected chi connectivity index (χ3v) is 5.70. The second-order valence-corrected chi connectivity index (χ2v) is 7.46. The molecule has 1 aliphatic heterocycles. The van der Waals surface area contributed by atoms with Crippen molar-refractivity contribution in [3.05, 3.63) is 63.3 Å². The summed E-state index contributed by atoms with van der Waals surface area (Å²) in [5, 5.41) is 10.8. The van der Waals surface area contributed by atoms with Gasteiger partial charge in [-0.3, -0.25) is 9.69 Å². The lowest BCUT2D eigenvalue weighted by Crippen LogP contribution is -2.48. The van der Waals surface area contributed by atoms with Crippen LogP contribution in [0.15, 0.2) is 35.1 Å². The van der Waals surface area contributed by atoms with E-state index in [-0.39, 0.29) is 17.1 Å². The van der Waals surface area contributed by atoms with Crippen LogP contribution in [0.5, 0.6) is 5.75 Å². The average molecular weight is 403 g/mol. The molecule has 0 radical (unpaired) electrons. The van der Waals surface area contributed by atoms with E-state index in [0.29, 0.717) is 30.0 Å². The van der Waals surface area contributed by atoms with Crippen molar-refractivity contribution in [2.75, 3.05) is 46.4 Å². The second-order valence-electron chi connectivity index (χ2n) is 7.46. The molecular weight excluding hydrogens is 373 g/mol. The van der Waals surface area contributed by atoms with Gasteiger partial charge in [0, 0.05) is 45.5 Å². The molecule has 7 heteroatoms. The molecule has 29 heavy (non-hydrogen) atoms. The number of pyridine rings is 1. The van der Waals surface area contributed by atoms with Gasteiger partial charge in [-0.15, -0.1) is 0 Å². The fourth-order valence-electron chi connectivity index (χ4n) is 4.06. The van der Waals surface area contributed by atoms with Crippen LogP contribution in [-0.2, 0) is 11.3 Å². The van der Waals surface area contributed by atoms with Crippen molar-refractivity contribution >= 4 is 0 Å². The highest BCUT2D eigenvalue weighted by Gasteiger charge is 2.31. The van der Waals surface area contributed by atoms with Gasteiger partial charge in [0.05, 0.1) is 18.2 Å². The highest BCUT2D eigenvalue weighted by Crippen LogP contribution is 2.33. The summed E-state index contributed by atoms with van der Waals surface area (Å²) in [6.07, 6.45) is 0. The van der Waals surface area contributed by atoms with Crippen LogP contribution in [0.2, 0.25) is 0 Å². The van der Waals surface area contributed by atoms with Gasteiger partial charge in [-0.05, 0) is 37.2 Å². The maximum atomic E-state index is 14.0. The van der Waals surface area contributed by atoms with Crippen LogP contribution in [0.3, 0.4) is 0 Å². The number of halogens is 1. The van der Waals surface area contributed by atoms with Gasteiger partial charge in [0.25, 0.3) is 5.56 Å². The Labute approximate surface area is 171 Å². The minimum Gasteiger partial charge on any atom is -0.507 e. The van der Waals surface area contributed by atoms with Crippen molar-refractivity contribution in [3.8, 4) is 5.75 Å². The van der Waals surface area contributed by atoms with Crippen LogP contribution in [0.1, 0.15) is 29.8 Å². The summed E-state index contributed by atoms with van der Waals surface area (Å²) in [6, 6.07) is 7.41. The Hall–Kier alpha value is -2.22. The smallest absolute Gasteiger partial charge is 0.259 e. The van der Waals surface area contributed by atoms with E-state index >= 15 is 0 Å². The number of nitrogens with zero attached hydrogens (tertiary/aromatic N) is 3. The van der Waals surface area contributed by atoms with E-state index in [1.54, 1.807) is 30.7 Å². The number of aryl methyl sites for hydroxylation is 1. The lowest BCUT2D eigenvalue weighted by Gasteiger charge is -2.39. The Morgan fingerprint density at radius 2 is 1.93 bits per heavy atom. The summed E-state index contributed by atoms with van der Waals surface area (Å²) in [5.74, 6) is -0.403. The number of aromatic hydroxyl groups is 1. The Balaban J connectivity index is 2.10. The van der Waals surface area contributed by atoms with Crippen LogP contribution in [-0.4, -0.2) is 65.9 Å². The minimum absolute atomic E-state index is 0.0478. The zero-order chi connectivity index (χ0) is 21.0. The normalized spacial score (nSPS) is 16.8. The van der Waals surface area contributed by atoms with Crippen molar-refractivity contribution in [2.45, 2.75) is 26.4 Å². The van der Waals surface area contributed by atoms with Crippen LogP contribution in [0.25, 0.3) is 0 Å². The molecule has 0 aliphatic carbocycles. The third kappa shape index (κ3) is 4.69. The molecule has 0 bridgehead atoms. The molecule has 6 nitrogen and oxygen atoms in total. The van der Waals surface area contributed by atoms with E-state index in [1.807, 2.05) is 6.07 Å². The third-order valence-electron chi connectivity index (χ3n) is 5.70. The van der Waals surface area contributed by atoms with Crippen LogP contribution in [0.4, 0.5) is 4.39 Å². The van der Waals surface area contributed by atoms with Gasteiger partial charge in [-0.1, -0.05) is 19.1 Å². The summed E-state index contributed by atoms with van der Waals surface area (Å²) in [6.45, 7) is 8.88. The fraction of sp³-hybridized carbons (Fsp3) is 0.500. The second kappa shape index (κ2) is 9.52. The summed E-state index contributed by atoms with van der Waals surface area (Å²) in [4.78, 5) is 17.9. The summed E-state index contributed by atoms with van der Waals surface area (Å²) in [5.41, 5.74) is 1.38. The van der Waals surface area contributed by atoms with Gasteiger partial charge in [0.15, 0.2) is 0 Å². The van der Waals surface area contributed by atoms with E-state index in [2.05, 4.69) is 16.7 Å². The zero-order valence-corrected chi connectivity index (χ0v) is 17.4. The Bertz CT molecular complexity index is 891. The summed E-state index contributed by atoms with van der Waals surface area (Å²) < 4.78 is 20.8. The van der Waals surface area contributed by atoms with Crippen molar-refractivity contribution in [1.29, 1.82) is 0 Å². The van der Waals surface area contributed by atoms with Crippen molar-refractivity contribution in [2.24, 2.45) is 0 Å². The Kier molecular flexibility index (Phi) is 7.05. The Morgan fingerprint density at radius 1 is 1.21 bits per heavy atom. The molecule has 1 aromatic heterocycles. The first-order valence-corrected chi connectivity index (χ1v) is 10.1. The largest absolute Gasteiger partial charge is 0.507 e. The molecule has 1 N–H and O–H groups in total. The van der Waals surface area contributed by atoms with Gasteiger partial charge in [0.1, 0.15) is 11.6 Å². The molecule has 0 unspecified atom stereocenters. The van der Waals surface area contributed by atoms with Crippen LogP contribution < -0.4 is 5.56 Å². The minimum atomic E-state index is -0.508. The molecule has 2 aromatic rings. The van der Waals surface area contributed by atoms with Gasteiger partial charge in [-0.25, -0.2) is 4.39 Å². The number of hydrogen-bond acceptors (Lipinski definition) is 5. The first-order chi connectivity index (χ1) is 14.0. The molecule has 1 aliphatic rings. The van der Waals surface area contributed by atoms with Gasteiger partial charge in [-0.2, -0.15) is 0 Å². The quantitative estimate of drug-likeness (QED) is 0.769. The standard InChI is InChI=1S/C22H30FN3O3/c1-4-24-8-10-25(11-9-24)21(17-6-5-7-18(23)15-17)20-19(27)14-16(2)26(22(20)28)12-13-29-3/h5-7,14-15,21,27H,4,8-13H2,1-3H3/t21-/m1/s1. The zero-order valence-electron chi connectivity index (χ0n) is 17.4. The topological polar surface area (TPSA) is 57.9 Å². The molecular formula is C22H30FN3O3. The van der Waals surface area contributed by atoms with E-state index in [1.165, 1.54) is 12.1 Å². The van der Waals surface area contributed by atoms with Crippen molar-refractivity contribution in [1.82, 2.24) is 14.4 Å². The van der Waals surface area contributed by atoms with Gasteiger partial charge in [0.2, 0.25) is 0 Å². The van der Waals surface area contributed by atoms with Crippen LogP contribution >= 0.6 is 0 Å². The molecule has 1 atom stereocenters. The fourth-order valence-corrected chi connectivity index (χ4v) is 4.06. The molecule has 1 aromatic carbocycles. The van der Waals surface area contributed by atoms with Gasteiger partial charge >= 0.3 is 0 Å². The van der Waals surface area contributed by atoms with Gasteiger partial charge < -0.3 is 19.3 Å². The lowest BCUT2D eigenvalue weighted by atomic mass is 9.96. The molecule has 3 rings (SSSR count). The maximum Gasteiger partial charge on any atom is 0.259 e. The number of ether oxygens (including phenoxy) is 1. The molecule has 2 heterocycles. The van der Waals surface area contributed by atoms with E-state index in [0.717, 1.165) is 32.7 Å². The predicted octanol–water partition coefficient (Wildman–Crippen LogP) is 2.37. The average Bonchev–Trinajstić information content (AvgIpc) is 2.71. The lowest BCUT2D eigenvalue weighted by molar-refractivity contribution is 0.111. The number of piperazine rings is 1. The SMILES string of the molecule is CCN1CCN([C@H](c2cccc(F)c2)c2c(O)cc(C)n(CCOC)c2=O)CC1. The molecule has 0 amide bonds. The first kappa shape index (κ1) is 21.5. The highest BCUT2D eigenvalue weighted by molar-refractivity contribution is 5.41. The maximum absolute atomic E-state index is 14.0. The number of hydrogen-bond donors (Lipinski definition) is 1. The molecule has 1 saturated heterocycles. The highest BCUT2D eigenvalue weighted by atomic mass is 19.1. The van der Waals surface area contributed by atoms with Crippen LogP contribution in [0, 0.1) is 12.7 Å². The van der Waals surface area contributed by atoms with E-state index < -0.39 is 6.04 Å². The summed E-state index contributed by atoms with van der Waals surface area (Å²) in [7, 11) is 1.59.